The van der Waals surface area contributed by atoms with Gasteiger partial charge in [0.2, 0.25) is 11.8 Å². The van der Waals surface area contributed by atoms with Crippen LogP contribution in [0.5, 0.6) is 0 Å². The van der Waals surface area contributed by atoms with Gasteiger partial charge in [0, 0.05) is 38.4 Å². The van der Waals surface area contributed by atoms with Gasteiger partial charge < -0.3 is 49.3 Å². The quantitative estimate of drug-likeness (QED) is 0.132. The van der Waals surface area contributed by atoms with Crippen LogP contribution in [0.25, 0.3) is 44.3 Å². The van der Waals surface area contributed by atoms with Crippen molar-refractivity contribution in [1.82, 2.24) is 45.4 Å². The normalized spacial score (nSPS) is 18.9. The highest BCUT2D eigenvalue weighted by atomic mass is 16.5. The van der Waals surface area contributed by atoms with Crippen LogP contribution in [-0.4, -0.2) is 125 Å². The second-order valence-electron chi connectivity index (χ2n) is 14.7. The first-order chi connectivity index (χ1) is 28.0. The number of amides is 4. The molecule has 6 atom stereocenters. The fourth-order valence-electron chi connectivity index (χ4n) is 7.86. The number of imidazole rings is 2. The van der Waals surface area contributed by atoms with Crippen molar-refractivity contribution in [3.05, 3.63) is 66.5 Å². The molecule has 58 heavy (non-hydrogen) atoms. The van der Waals surface area contributed by atoms with Crippen molar-refractivity contribution in [3.63, 3.8) is 0 Å². The van der Waals surface area contributed by atoms with Crippen LogP contribution >= 0.6 is 0 Å². The summed E-state index contributed by atoms with van der Waals surface area (Å²) in [5.41, 5.74) is 4.93. The van der Waals surface area contributed by atoms with Crippen molar-refractivity contribution < 1.29 is 38.1 Å². The van der Waals surface area contributed by atoms with Crippen LogP contribution < -0.4 is 10.6 Å². The Kier molecular flexibility index (Phi) is 11.9. The Labute approximate surface area is 335 Å². The number of carbonyl (C=O) groups excluding carboxylic acids is 4. The van der Waals surface area contributed by atoms with E-state index < -0.39 is 36.5 Å². The molecule has 2 fully saturated rings. The fraction of sp³-hybridized carbons (Fsp3) is 0.439. The Balaban J connectivity index is 1.07. The average molecular weight is 796 g/mol. The topological polar surface area (TPSA) is 206 Å². The van der Waals surface area contributed by atoms with Crippen molar-refractivity contribution in [2.24, 2.45) is 0 Å². The SMILES string of the molecule is COC(=O)NC(C(=O)N1CCC[C@H]1c1ncc(-c2ccc3cc(-c4cc5nc([C@@H]6CCCN6C(=O)C(NC(=O)OC)[C@@H](C)OC)[nH]c5cn4)ccc3c2)[nH]1)[C@@H](C)OC. The highest BCUT2D eigenvalue weighted by molar-refractivity contribution is 5.91. The van der Waals surface area contributed by atoms with Crippen LogP contribution in [0.1, 0.15) is 63.3 Å². The van der Waals surface area contributed by atoms with Gasteiger partial charge in [0.05, 0.1) is 73.3 Å². The summed E-state index contributed by atoms with van der Waals surface area (Å²) >= 11 is 0. The zero-order valence-corrected chi connectivity index (χ0v) is 33.4. The van der Waals surface area contributed by atoms with E-state index in [2.05, 4.69) is 49.9 Å². The number of alkyl carbamates (subject to hydrolysis) is 2. The van der Waals surface area contributed by atoms with Gasteiger partial charge in [-0.2, -0.15) is 0 Å². The monoisotopic (exact) mass is 795 g/mol. The molecule has 4 amide bonds. The summed E-state index contributed by atoms with van der Waals surface area (Å²) in [4.78, 5) is 76.1. The first-order valence-electron chi connectivity index (χ1n) is 19.3. The Morgan fingerprint density at radius 1 is 0.707 bits per heavy atom. The molecule has 2 saturated heterocycles. The smallest absolute Gasteiger partial charge is 0.407 e. The summed E-state index contributed by atoms with van der Waals surface area (Å²) < 4.78 is 20.3. The van der Waals surface area contributed by atoms with Crippen LogP contribution in [0, 0.1) is 0 Å². The number of aromatic amines is 2. The first kappa shape index (κ1) is 40.1. The van der Waals surface area contributed by atoms with Crippen molar-refractivity contribution in [3.8, 4) is 22.5 Å². The molecule has 17 heteroatoms. The molecule has 17 nitrogen and oxygen atoms in total. The molecule has 0 bridgehead atoms. The Morgan fingerprint density at radius 3 is 1.83 bits per heavy atom. The summed E-state index contributed by atoms with van der Waals surface area (Å²) in [6.07, 6.45) is 4.03. The summed E-state index contributed by atoms with van der Waals surface area (Å²) in [7, 11) is 5.49. The minimum absolute atomic E-state index is 0.257. The maximum absolute atomic E-state index is 13.7. The van der Waals surface area contributed by atoms with E-state index in [1.807, 2.05) is 18.2 Å². The van der Waals surface area contributed by atoms with Crippen LogP contribution in [-0.2, 0) is 28.5 Å². The van der Waals surface area contributed by atoms with Gasteiger partial charge in [-0.05, 0) is 68.5 Å². The number of hydrogen-bond donors (Lipinski definition) is 4. The van der Waals surface area contributed by atoms with Gasteiger partial charge in [-0.3, -0.25) is 14.6 Å². The second-order valence-corrected chi connectivity index (χ2v) is 14.7. The Hall–Kier alpha value is -6.07. The van der Waals surface area contributed by atoms with Gasteiger partial charge in [-0.15, -0.1) is 0 Å². The molecule has 5 heterocycles. The molecule has 5 aromatic rings. The van der Waals surface area contributed by atoms with Crippen molar-refractivity contribution in [1.29, 1.82) is 0 Å². The van der Waals surface area contributed by atoms with E-state index in [-0.39, 0.29) is 23.9 Å². The number of benzene rings is 2. The fourth-order valence-corrected chi connectivity index (χ4v) is 7.86. The highest BCUT2D eigenvalue weighted by Crippen LogP contribution is 2.35. The molecule has 3 aromatic heterocycles. The van der Waals surface area contributed by atoms with E-state index >= 15 is 0 Å². The van der Waals surface area contributed by atoms with E-state index in [1.165, 1.54) is 28.4 Å². The predicted octanol–water partition coefficient (Wildman–Crippen LogP) is 5.01. The number of aromatic nitrogens is 5. The number of methoxy groups -OCH3 is 4. The van der Waals surface area contributed by atoms with Gasteiger partial charge in [-0.25, -0.2) is 19.6 Å². The number of rotatable bonds is 12. The Morgan fingerprint density at radius 2 is 1.26 bits per heavy atom. The number of nitrogens with zero attached hydrogens (tertiary/aromatic N) is 5. The summed E-state index contributed by atoms with van der Waals surface area (Å²) in [5, 5.41) is 7.29. The number of fused-ring (bicyclic) bond motifs is 2. The van der Waals surface area contributed by atoms with Crippen molar-refractivity contribution in [2.45, 2.75) is 75.9 Å². The molecule has 0 spiro atoms. The molecule has 0 radical (unpaired) electrons. The molecule has 306 valence electrons. The number of ether oxygens (including phenoxy) is 4. The lowest BCUT2D eigenvalue weighted by Gasteiger charge is -2.30. The van der Waals surface area contributed by atoms with Crippen LogP contribution in [0.3, 0.4) is 0 Å². The number of likely N-dealkylation sites (tertiary alicyclic amines) is 2. The minimum atomic E-state index is -0.917. The zero-order chi connectivity index (χ0) is 41.1. The van der Waals surface area contributed by atoms with Gasteiger partial charge in [0.25, 0.3) is 0 Å². The third kappa shape index (κ3) is 8.04. The van der Waals surface area contributed by atoms with E-state index in [0.29, 0.717) is 31.2 Å². The molecule has 2 aliphatic heterocycles. The van der Waals surface area contributed by atoms with Crippen LogP contribution in [0.4, 0.5) is 9.59 Å². The summed E-state index contributed by atoms with van der Waals surface area (Å²) in [5.74, 6) is 0.808. The predicted molar refractivity (Wildman–Crippen MR) is 213 cm³/mol. The van der Waals surface area contributed by atoms with Gasteiger partial charge in [0.1, 0.15) is 23.7 Å². The average Bonchev–Trinajstić information content (AvgIpc) is 4.09. The number of H-pyrrole nitrogens is 2. The molecular weight excluding hydrogens is 747 g/mol. The van der Waals surface area contributed by atoms with E-state index in [0.717, 1.165) is 63.6 Å². The van der Waals surface area contributed by atoms with E-state index in [1.54, 1.807) is 36.0 Å². The maximum Gasteiger partial charge on any atom is 0.407 e. The number of carbonyl (C=O) groups is 4. The Bertz CT molecular complexity index is 2310. The number of pyridine rings is 1. The lowest BCUT2D eigenvalue weighted by atomic mass is 10.0. The standard InChI is InChI=1S/C41H49N9O8/c1-22(55-3)34(47-40(53)57-5)38(51)49-15-7-9-32(49)36-43-20-30(45-36)27-14-12-24-17-26(13-11-25(24)18-27)28-19-29-31(21-42-28)46-37(44-29)33-10-8-16-50(33)39(52)35(23(2)56-4)48-41(54)58-6/h11-14,17-23,32-35H,7-10,15-16H2,1-6H3,(H,43,45)(H,44,46)(H,47,53)(H,48,54)/t22-,23-,32+,33+,34?,35?/m1/s1. The third-order valence-electron chi connectivity index (χ3n) is 11.3. The molecule has 7 rings (SSSR count). The molecule has 0 aliphatic carbocycles. The van der Waals surface area contributed by atoms with E-state index in [4.69, 9.17) is 28.9 Å². The van der Waals surface area contributed by atoms with Gasteiger partial charge in [0.15, 0.2) is 0 Å². The third-order valence-corrected chi connectivity index (χ3v) is 11.3. The molecule has 4 N–H and O–H groups in total. The van der Waals surface area contributed by atoms with Crippen molar-refractivity contribution in [2.75, 3.05) is 41.5 Å². The molecule has 0 saturated carbocycles. The summed E-state index contributed by atoms with van der Waals surface area (Å²) in [6, 6.07) is 11.9. The van der Waals surface area contributed by atoms with E-state index in [9.17, 15) is 19.2 Å². The molecule has 2 aromatic carbocycles. The second kappa shape index (κ2) is 17.2. The molecule has 2 aliphatic rings. The van der Waals surface area contributed by atoms with Crippen LogP contribution in [0.15, 0.2) is 54.9 Å². The van der Waals surface area contributed by atoms with Gasteiger partial charge in [-0.1, -0.05) is 24.3 Å². The highest BCUT2D eigenvalue weighted by Gasteiger charge is 2.40. The first-order valence-corrected chi connectivity index (χ1v) is 19.3. The summed E-state index contributed by atoms with van der Waals surface area (Å²) in [6.45, 7) is 4.51. The lowest BCUT2D eigenvalue weighted by molar-refractivity contribution is -0.138. The lowest BCUT2D eigenvalue weighted by Crippen LogP contribution is -2.54. The maximum atomic E-state index is 13.7. The largest absolute Gasteiger partial charge is 0.453 e. The molecular formula is C41H49N9O8. The molecule has 2 unspecified atom stereocenters. The van der Waals surface area contributed by atoms with Gasteiger partial charge >= 0.3 is 12.2 Å². The number of hydrogen-bond acceptors (Lipinski definition) is 11. The minimum Gasteiger partial charge on any atom is -0.453 e. The van der Waals surface area contributed by atoms with Crippen LogP contribution in [0.2, 0.25) is 0 Å². The number of nitrogens with one attached hydrogen (secondary N) is 4. The zero-order valence-electron chi connectivity index (χ0n) is 33.4. The van der Waals surface area contributed by atoms with Crippen molar-refractivity contribution >= 4 is 45.8 Å².